The molecule has 7 heteroatoms. The monoisotopic (exact) mass is 502 g/mol. The SMILES string of the molecule is CC1CC(C)(C)N(C)c2cc(F)c(/C=C3/SC(=O)N(Cc4ccc(Br)cc4)C3=O)cc21. The Bertz CT molecular complexity index is 1100. The topological polar surface area (TPSA) is 40.6 Å². The summed E-state index contributed by atoms with van der Waals surface area (Å²) in [5, 5.41) is -0.340. The molecule has 2 aromatic rings. The van der Waals surface area contributed by atoms with Gasteiger partial charge in [-0.2, -0.15) is 0 Å². The highest BCUT2D eigenvalue weighted by Gasteiger charge is 2.37. The zero-order valence-electron chi connectivity index (χ0n) is 17.9. The van der Waals surface area contributed by atoms with E-state index in [2.05, 4.69) is 41.6 Å². The molecule has 0 aromatic heterocycles. The Balaban J connectivity index is 1.63. The van der Waals surface area contributed by atoms with E-state index >= 15 is 0 Å². The van der Waals surface area contributed by atoms with Gasteiger partial charge in [0.2, 0.25) is 0 Å². The van der Waals surface area contributed by atoms with Crippen molar-refractivity contribution in [3.05, 3.63) is 68.3 Å². The molecule has 0 aliphatic carbocycles. The number of hydrogen-bond donors (Lipinski definition) is 0. The summed E-state index contributed by atoms with van der Waals surface area (Å²) in [6.45, 7) is 6.64. The van der Waals surface area contributed by atoms with Crippen LogP contribution in [0.1, 0.15) is 49.8 Å². The van der Waals surface area contributed by atoms with Gasteiger partial charge in [0.05, 0.1) is 11.4 Å². The Morgan fingerprint density at radius 2 is 1.90 bits per heavy atom. The molecule has 0 radical (unpaired) electrons. The Kier molecular flexibility index (Phi) is 5.77. The maximum Gasteiger partial charge on any atom is 0.293 e. The standard InChI is InChI=1S/C24H24BrFN2O2S/c1-14-12-24(2,3)27(4)20-11-19(26)16(9-18(14)20)10-21-22(29)28(23(30)31-21)13-15-5-7-17(25)8-6-15/h5-11,14H,12-13H2,1-4H3/b21-10+. The number of rotatable bonds is 3. The first-order valence-electron chi connectivity index (χ1n) is 10.1. The second kappa shape index (κ2) is 8.10. The molecule has 31 heavy (non-hydrogen) atoms. The van der Waals surface area contributed by atoms with Crippen LogP contribution in [0.3, 0.4) is 0 Å². The van der Waals surface area contributed by atoms with E-state index < -0.39 is 5.82 Å². The first-order valence-corrected chi connectivity index (χ1v) is 11.7. The van der Waals surface area contributed by atoms with Crippen LogP contribution in [0.15, 0.2) is 45.8 Å². The van der Waals surface area contributed by atoms with Crippen molar-refractivity contribution >= 4 is 50.6 Å². The molecule has 1 fully saturated rings. The second-order valence-corrected chi connectivity index (χ2v) is 10.7. The predicted octanol–water partition coefficient (Wildman–Crippen LogP) is 6.55. The fraction of sp³-hybridized carbons (Fsp3) is 0.333. The van der Waals surface area contributed by atoms with E-state index in [4.69, 9.17) is 0 Å². The minimum Gasteiger partial charge on any atom is -0.369 e. The maximum absolute atomic E-state index is 15.0. The number of imide groups is 1. The van der Waals surface area contributed by atoms with Crippen molar-refractivity contribution in [2.75, 3.05) is 11.9 Å². The average Bonchev–Trinajstić information content (AvgIpc) is 2.96. The summed E-state index contributed by atoms with van der Waals surface area (Å²) >= 11 is 4.23. The van der Waals surface area contributed by atoms with E-state index in [1.807, 2.05) is 37.4 Å². The van der Waals surface area contributed by atoms with Gasteiger partial charge in [-0.3, -0.25) is 14.5 Å². The highest BCUT2D eigenvalue weighted by molar-refractivity contribution is 9.10. The largest absolute Gasteiger partial charge is 0.369 e. The number of benzene rings is 2. The molecule has 0 N–H and O–H groups in total. The summed E-state index contributed by atoms with van der Waals surface area (Å²) in [6, 6.07) is 10.8. The Labute approximate surface area is 194 Å². The summed E-state index contributed by atoms with van der Waals surface area (Å²) in [7, 11) is 1.98. The summed E-state index contributed by atoms with van der Waals surface area (Å²) in [5.74, 6) is -0.516. The van der Waals surface area contributed by atoms with Crippen LogP contribution in [-0.2, 0) is 11.3 Å². The molecular weight excluding hydrogens is 479 g/mol. The van der Waals surface area contributed by atoms with Crippen LogP contribution < -0.4 is 4.90 Å². The molecule has 1 atom stereocenters. The number of halogens is 2. The Hall–Kier alpha value is -2.12. The number of hydrogen-bond acceptors (Lipinski definition) is 4. The lowest BCUT2D eigenvalue weighted by Crippen LogP contribution is -2.45. The number of fused-ring (bicyclic) bond motifs is 1. The number of nitrogens with zero attached hydrogens (tertiary/aromatic N) is 2. The van der Waals surface area contributed by atoms with Crippen molar-refractivity contribution in [3.63, 3.8) is 0 Å². The number of carbonyl (C=O) groups excluding carboxylic acids is 2. The van der Waals surface area contributed by atoms with Crippen LogP contribution in [0.25, 0.3) is 6.08 Å². The third-order valence-electron chi connectivity index (χ3n) is 6.17. The van der Waals surface area contributed by atoms with Crippen LogP contribution >= 0.6 is 27.7 Å². The molecular formula is C24H24BrFN2O2S. The lowest BCUT2D eigenvalue weighted by molar-refractivity contribution is -0.123. The van der Waals surface area contributed by atoms with Gasteiger partial charge in [-0.25, -0.2) is 4.39 Å². The fourth-order valence-corrected chi connectivity index (χ4v) is 5.36. The van der Waals surface area contributed by atoms with Crippen LogP contribution in [0.2, 0.25) is 0 Å². The molecule has 4 nitrogen and oxygen atoms in total. The zero-order chi connectivity index (χ0) is 22.5. The van der Waals surface area contributed by atoms with Crippen molar-refractivity contribution in [1.29, 1.82) is 0 Å². The van der Waals surface area contributed by atoms with Crippen LogP contribution in [0.4, 0.5) is 14.9 Å². The van der Waals surface area contributed by atoms with Gasteiger partial charge in [-0.05, 0) is 79.4 Å². The first-order chi connectivity index (χ1) is 14.6. The van der Waals surface area contributed by atoms with E-state index in [-0.39, 0.29) is 34.1 Å². The molecule has 0 bridgehead atoms. The van der Waals surface area contributed by atoms with Gasteiger partial charge in [0, 0.05) is 28.3 Å². The smallest absolute Gasteiger partial charge is 0.293 e. The van der Waals surface area contributed by atoms with Gasteiger partial charge in [0.25, 0.3) is 11.1 Å². The highest BCUT2D eigenvalue weighted by Crippen LogP contribution is 2.44. The van der Waals surface area contributed by atoms with Crippen LogP contribution in [0, 0.1) is 5.82 Å². The van der Waals surface area contributed by atoms with Gasteiger partial charge in [0.1, 0.15) is 5.82 Å². The molecule has 0 saturated carbocycles. The van der Waals surface area contributed by atoms with E-state index in [1.165, 1.54) is 11.0 Å². The second-order valence-electron chi connectivity index (χ2n) is 8.80. The summed E-state index contributed by atoms with van der Waals surface area (Å²) in [4.78, 5) is 28.9. The average molecular weight is 503 g/mol. The normalized spacial score (nSPS) is 21.7. The number of anilines is 1. The van der Waals surface area contributed by atoms with E-state index in [0.29, 0.717) is 5.56 Å². The Morgan fingerprint density at radius 3 is 2.58 bits per heavy atom. The first kappa shape index (κ1) is 22.1. The van der Waals surface area contributed by atoms with Gasteiger partial charge in [0.15, 0.2) is 0 Å². The fourth-order valence-electron chi connectivity index (χ4n) is 4.27. The molecule has 2 aliphatic rings. The third kappa shape index (κ3) is 4.17. The van der Waals surface area contributed by atoms with Crippen molar-refractivity contribution in [3.8, 4) is 0 Å². The lowest BCUT2D eigenvalue weighted by Gasteiger charge is -2.45. The molecule has 2 heterocycles. The minimum absolute atomic E-state index is 0.0595. The van der Waals surface area contributed by atoms with Gasteiger partial charge in [-0.15, -0.1) is 0 Å². The summed E-state index contributed by atoms with van der Waals surface area (Å²) in [6.07, 6.45) is 2.46. The van der Waals surface area contributed by atoms with Gasteiger partial charge < -0.3 is 4.90 Å². The number of thioether (sulfide) groups is 1. The molecule has 1 unspecified atom stereocenters. The molecule has 1 saturated heterocycles. The maximum atomic E-state index is 15.0. The van der Waals surface area contributed by atoms with Gasteiger partial charge in [-0.1, -0.05) is 35.0 Å². The van der Waals surface area contributed by atoms with E-state index in [9.17, 15) is 14.0 Å². The van der Waals surface area contributed by atoms with Crippen molar-refractivity contribution in [1.82, 2.24) is 4.90 Å². The lowest BCUT2D eigenvalue weighted by atomic mass is 9.80. The molecule has 4 rings (SSSR count). The molecule has 2 aliphatic heterocycles. The molecule has 2 amide bonds. The summed E-state index contributed by atoms with van der Waals surface area (Å²) < 4.78 is 15.9. The van der Waals surface area contributed by atoms with E-state index in [1.54, 1.807) is 6.07 Å². The quantitative estimate of drug-likeness (QED) is 0.446. The van der Waals surface area contributed by atoms with Crippen LogP contribution in [-0.4, -0.2) is 28.6 Å². The van der Waals surface area contributed by atoms with E-state index in [0.717, 1.165) is 39.5 Å². The summed E-state index contributed by atoms with van der Waals surface area (Å²) in [5.41, 5.74) is 3.07. The molecule has 162 valence electrons. The van der Waals surface area contributed by atoms with Crippen molar-refractivity contribution in [2.45, 2.75) is 45.2 Å². The molecule has 0 spiro atoms. The number of amides is 2. The minimum atomic E-state index is -0.393. The number of carbonyl (C=O) groups is 2. The highest BCUT2D eigenvalue weighted by atomic mass is 79.9. The van der Waals surface area contributed by atoms with Crippen LogP contribution in [0.5, 0.6) is 0 Å². The van der Waals surface area contributed by atoms with Gasteiger partial charge >= 0.3 is 0 Å². The predicted molar refractivity (Wildman–Crippen MR) is 128 cm³/mol. The third-order valence-corrected chi connectivity index (χ3v) is 7.60. The Morgan fingerprint density at radius 1 is 1.23 bits per heavy atom. The zero-order valence-corrected chi connectivity index (χ0v) is 20.3. The van der Waals surface area contributed by atoms with Crippen molar-refractivity contribution in [2.24, 2.45) is 0 Å². The van der Waals surface area contributed by atoms with Crippen molar-refractivity contribution < 1.29 is 14.0 Å². The molecule has 2 aromatic carbocycles.